The summed E-state index contributed by atoms with van der Waals surface area (Å²) in [6, 6.07) is 1.64. The van der Waals surface area contributed by atoms with Crippen LogP contribution in [0.15, 0.2) is 33.2 Å². The molecule has 0 bridgehead atoms. The number of nitrogens with two attached hydrogens (primary N) is 2. The van der Waals surface area contributed by atoms with E-state index < -0.39 is 0 Å². The number of hydrogen-bond acceptors (Lipinski definition) is 8. The Balaban J connectivity index is 2.24. The van der Waals surface area contributed by atoms with Crippen molar-refractivity contribution in [3.63, 3.8) is 0 Å². The highest BCUT2D eigenvalue weighted by Crippen LogP contribution is 2.25. The van der Waals surface area contributed by atoms with Crippen molar-refractivity contribution in [2.24, 2.45) is 5.84 Å². The summed E-state index contributed by atoms with van der Waals surface area (Å²) in [7, 11) is 0. The molecule has 0 radical (unpaired) electrons. The SMILES string of the molecule is NNc1cc(Sc2ncco2)nc(N)n1. The molecule has 0 fully saturated rings. The van der Waals surface area contributed by atoms with Crippen molar-refractivity contribution in [1.82, 2.24) is 15.0 Å². The molecule has 0 aromatic carbocycles. The van der Waals surface area contributed by atoms with E-state index >= 15 is 0 Å². The highest BCUT2D eigenvalue weighted by atomic mass is 32.2. The van der Waals surface area contributed by atoms with Crippen LogP contribution in [0.3, 0.4) is 0 Å². The van der Waals surface area contributed by atoms with Gasteiger partial charge in [-0.05, 0) is 11.8 Å². The minimum atomic E-state index is 0.138. The van der Waals surface area contributed by atoms with Crippen molar-refractivity contribution in [2.45, 2.75) is 10.2 Å². The smallest absolute Gasteiger partial charge is 0.261 e. The van der Waals surface area contributed by atoms with Gasteiger partial charge in [0.15, 0.2) is 0 Å². The van der Waals surface area contributed by atoms with Gasteiger partial charge in [-0.2, -0.15) is 4.98 Å². The number of nitrogen functional groups attached to an aromatic ring is 2. The van der Waals surface area contributed by atoms with Crippen LogP contribution in [0.2, 0.25) is 0 Å². The molecule has 0 amide bonds. The van der Waals surface area contributed by atoms with E-state index in [1.807, 2.05) is 0 Å². The van der Waals surface area contributed by atoms with Gasteiger partial charge in [0.25, 0.3) is 5.22 Å². The highest BCUT2D eigenvalue weighted by molar-refractivity contribution is 7.99. The number of hydrazine groups is 1. The molecular weight excluding hydrogens is 216 g/mol. The average Bonchev–Trinajstić information content (AvgIpc) is 2.69. The lowest BCUT2D eigenvalue weighted by atomic mass is 10.6. The number of anilines is 2. The Bertz CT molecular complexity index is 445. The van der Waals surface area contributed by atoms with Crippen LogP contribution in [0.25, 0.3) is 0 Å². The van der Waals surface area contributed by atoms with E-state index in [0.717, 1.165) is 0 Å². The number of oxazole rings is 1. The van der Waals surface area contributed by atoms with Crippen LogP contribution in [0.4, 0.5) is 11.8 Å². The molecule has 0 atom stereocenters. The molecule has 0 spiro atoms. The highest BCUT2D eigenvalue weighted by Gasteiger charge is 2.06. The molecule has 0 unspecified atom stereocenters. The Kier molecular flexibility index (Phi) is 2.70. The Morgan fingerprint density at radius 3 is 2.93 bits per heavy atom. The predicted molar refractivity (Wildman–Crippen MR) is 54.9 cm³/mol. The number of nitrogens with one attached hydrogen (secondary N) is 1. The average molecular weight is 224 g/mol. The summed E-state index contributed by atoms with van der Waals surface area (Å²) in [4.78, 5) is 11.8. The monoisotopic (exact) mass is 224 g/mol. The van der Waals surface area contributed by atoms with Gasteiger partial charge in [0.2, 0.25) is 5.95 Å². The van der Waals surface area contributed by atoms with Crippen molar-refractivity contribution in [2.75, 3.05) is 11.2 Å². The third-order valence-electron chi connectivity index (χ3n) is 1.47. The van der Waals surface area contributed by atoms with Gasteiger partial charge in [-0.3, -0.25) is 0 Å². The molecule has 0 aliphatic carbocycles. The minimum absolute atomic E-state index is 0.138. The van der Waals surface area contributed by atoms with Crippen LogP contribution in [0.1, 0.15) is 0 Å². The second kappa shape index (κ2) is 4.15. The molecular formula is C7H8N6OS. The summed E-state index contributed by atoms with van der Waals surface area (Å²) >= 11 is 1.23. The third kappa shape index (κ3) is 2.36. The summed E-state index contributed by atoms with van der Waals surface area (Å²) in [6.45, 7) is 0. The number of nitrogens with zero attached hydrogens (tertiary/aromatic N) is 3. The van der Waals surface area contributed by atoms with E-state index in [4.69, 9.17) is 16.0 Å². The van der Waals surface area contributed by atoms with E-state index in [1.54, 1.807) is 12.3 Å². The van der Waals surface area contributed by atoms with Crippen LogP contribution >= 0.6 is 11.8 Å². The van der Waals surface area contributed by atoms with Gasteiger partial charge in [-0.1, -0.05) is 0 Å². The Hall–Kier alpha value is -1.80. The summed E-state index contributed by atoms with van der Waals surface area (Å²) in [5, 5.41) is 1.09. The Morgan fingerprint density at radius 2 is 2.27 bits per heavy atom. The van der Waals surface area contributed by atoms with Crippen molar-refractivity contribution in [1.29, 1.82) is 0 Å². The van der Waals surface area contributed by atoms with Gasteiger partial charge in [-0.15, -0.1) is 0 Å². The van der Waals surface area contributed by atoms with Gasteiger partial charge >= 0.3 is 0 Å². The first-order valence-electron chi connectivity index (χ1n) is 3.96. The van der Waals surface area contributed by atoms with E-state index in [-0.39, 0.29) is 5.95 Å². The van der Waals surface area contributed by atoms with Crippen molar-refractivity contribution < 1.29 is 4.42 Å². The van der Waals surface area contributed by atoms with Gasteiger partial charge in [0.05, 0.1) is 6.20 Å². The van der Waals surface area contributed by atoms with E-state index in [9.17, 15) is 0 Å². The summed E-state index contributed by atoms with van der Waals surface area (Å²) in [6.07, 6.45) is 3.03. The first-order chi connectivity index (χ1) is 7.28. The molecule has 0 aliphatic heterocycles. The fourth-order valence-corrected chi connectivity index (χ4v) is 1.63. The van der Waals surface area contributed by atoms with Crippen molar-refractivity contribution in [3.05, 3.63) is 18.5 Å². The zero-order valence-electron chi connectivity index (χ0n) is 7.54. The largest absolute Gasteiger partial charge is 0.440 e. The first kappa shape index (κ1) is 9.74. The molecule has 78 valence electrons. The maximum Gasteiger partial charge on any atom is 0.261 e. The van der Waals surface area contributed by atoms with Gasteiger partial charge < -0.3 is 15.6 Å². The van der Waals surface area contributed by atoms with Crippen LogP contribution in [-0.4, -0.2) is 15.0 Å². The van der Waals surface area contributed by atoms with Crippen LogP contribution in [0, 0.1) is 0 Å². The zero-order valence-corrected chi connectivity index (χ0v) is 8.36. The van der Waals surface area contributed by atoms with E-state index in [1.165, 1.54) is 18.0 Å². The Morgan fingerprint density at radius 1 is 1.40 bits per heavy atom. The van der Waals surface area contributed by atoms with Crippen LogP contribution < -0.4 is 17.0 Å². The normalized spacial score (nSPS) is 10.2. The second-order valence-corrected chi connectivity index (χ2v) is 3.47. The standard InChI is InChI=1S/C7H8N6OS/c8-6-11-4(13-9)3-5(12-6)15-7-10-1-2-14-7/h1-3H,9H2,(H3,8,11,12,13). The maximum absolute atomic E-state index is 5.48. The van der Waals surface area contributed by atoms with Crippen molar-refractivity contribution in [3.8, 4) is 0 Å². The van der Waals surface area contributed by atoms with Gasteiger partial charge in [0.1, 0.15) is 17.1 Å². The number of rotatable bonds is 3. The zero-order chi connectivity index (χ0) is 10.7. The first-order valence-corrected chi connectivity index (χ1v) is 4.78. The molecule has 0 aliphatic rings. The van der Waals surface area contributed by atoms with Gasteiger partial charge in [-0.25, -0.2) is 15.8 Å². The van der Waals surface area contributed by atoms with E-state index in [0.29, 0.717) is 16.1 Å². The summed E-state index contributed by atoms with van der Waals surface area (Å²) < 4.78 is 5.05. The fraction of sp³-hybridized carbons (Fsp3) is 0. The molecule has 15 heavy (non-hydrogen) atoms. The number of hydrogen-bond donors (Lipinski definition) is 3. The lowest BCUT2D eigenvalue weighted by Crippen LogP contribution is -2.10. The third-order valence-corrected chi connectivity index (χ3v) is 2.26. The molecule has 2 rings (SSSR count). The number of aromatic nitrogens is 3. The molecule has 0 saturated carbocycles. The quantitative estimate of drug-likeness (QED) is 0.391. The Labute approximate surface area is 89.3 Å². The van der Waals surface area contributed by atoms with Gasteiger partial charge in [0, 0.05) is 6.07 Å². The molecule has 8 heteroatoms. The van der Waals surface area contributed by atoms with Crippen LogP contribution in [0.5, 0.6) is 0 Å². The lowest BCUT2D eigenvalue weighted by Gasteiger charge is -2.02. The molecule has 0 saturated heterocycles. The summed E-state index contributed by atoms with van der Waals surface area (Å²) in [5.74, 6) is 5.80. The molecule has 2 aromatic heterocycles. The molecule has 5 N–H and O–H groups in total. The van der Waals surface area contributed by atoms with Crippen molar-refractivity contribution >= 4 is 23.5 Å². The second-order valence-electron chi connectivity index (χ2n) is 2.49. The molecule has 2 aromatic rings. The maximum atomic E-state index is 5.48. The van der Waals surface area contributed by atoms with Crippen LogP contribution in [-0.2, 0) is 0 Å². The van der Waals surface area contributed by atoms with E-state index in [2.05, 4.69) is 20.4 Å². The minimum Gasteiger partial charge on any atom is -0.440 e. The summed E-state index contributed by atoms with van der Waals surface area (Å²) in [5.41, 5.74) is 7.87. The fourth-order valence-electron chi connectivity index (χ4n) is 0.919. The lowest BCUT2D eigenvalue weighted by molar-refractivity contribution is 0.454. The predicted octanol–water partition coefficient (Wildman–Crippen LogP) is 0.484. The molecule has 7 nitrogen and oxygen atoms in total. The topological polar surface area (TPSA) is 116 Å². The molecule has 2 heterocycles.